The summed E-state index contributed by atoms with van der Waals surface area (Å²) in [6.07, 6.45) is 0. The van der Waals surface area contributed by atoms with Crippen LogP contribution in [0.15, 0.2) is 59.4 Å². The zero-order valence-electron chi connectivity index (χ0n) is 17.6. The van der Waals surface area contributed by atoms with Crippen LogP contribution < -0.4 is 10.5 Å². The van der Waals surface area contributed by atoms with Gasteiger partial charge in [0.05, 0.1) is 15.8 Å². The molecule has 7 heteroatoms. The number of piperazine rings is 1. The lowest BCUT2D eigenvalue weighted by Gasteiger charge is -2.37. The molecule has 0 radical (unpaired) electrons. The zero-order valence-corrected chi connectivity index (χ0v) is 18.4. The van der Waals surface area contributed by atoms with Crippen molar-refractivity contribution < 1.29 is 4.79 Å². The summed E-state index contributed by atoms with van der Waals surface area (Å²) in [7, 11) is 0. The third-order valence-corrected chi connectivity index (χ3v) is 7.32. The number of carbonyl (C=O) groups excluding carboxylic acids is 1. The number of rotatable bonds is 3. The molecule has 2 aromatic heterocycles. The van der Waals surface area contributed by atoms with E-state index in [4.69, 9.17) is 0 Å². The summed E-state index contributed by atoms with van der Waals surface area (Å²) in [5.74, 6) is -0.0550. The number of para-hydroxylation sites is 1. The van der Waals surface area contributed by atoms with Crippen LogP contribution >= 0.6 is 11.3 Å². The Morgan fingerprint density at radius 3 is 2.42 bits per heavy atom. The Balaban J connectivity index is 1.42. The lowest BCUT2D eigenvalue weighted by Crippen LogP contribution is -2.51. The number of hydrogen-bond donors (Lipinski definition) is 0. The van der Waals surface area contributed by atoms with Crippen molar-refractivity contribution in [2.24, 2.45) is 0 Å². The zero-order chi connectivity index (χ0) is 21.5. The summed E-state index contributed by atoms with van der Waals surface area (Å²) in [6, 6.07) is 17.5. The molecular weight excluding hydrogens is 408 g/mol. The quantitative estimate of drug-likeness (QED) is 0.494. The average Bonchev–Trinajstić information content (AvgIpc) is 3.22. The van der Waals surface area contributed by atoms with Gasteiger partial charge < -0.3 is 9.80 Å². The van der Waals surface area contributed by atoms with Gasteiger partial charge in [-0.3, -0.25) is 9.59 Å². The minimum absolute atomic E-state index is 0.0550. The number of hydrogen-bond acceptors (Lipinski definition) is 5. The van der Waals surface area contributed by atoms with Crippen molar-refractivity contribution in [3.63, 3.8) is 0 Å². The van der Waals surface area contributed by atoms with Crippen molar-refractivity contribution in [2.45, 2.75) is 19.9 Å². The van der Waals surface area contributed by atoms with E-state index >= 15 is 0 Å². The Kier molecular flexibility index (Phi) is 4.98. The fourth-order valence-corrected chi connectivity index (χ4v) is 5.47. The SMILES string of the molecule is Cc1nn(C(C)C(=O)N2CCN(c3ccccc3)CC2)c(=O)c2c1sc1ccccc12. The van der Waals surface area contributed by atoms with E-state index < -0.39 is 6.04 Å². The first-order chi connectivity index (χ1) is 15.0. The number of aryl methyl sites for hydroxylation is 1. The Morgan fingerprint density at radius 1 is 1.00 bits per heavy atom. The number of carbonyl (C=O) groups is 1. The van der Waals surface area contributed by atoms with Crippen LogP contribution in [0.3, 0.4) is 0 Å². The number of aromatic nitrogens is 2. The maximum Gasteiger partial charge on any atom is 0.276 e. The Labute approximate surface area is 184 Å². The fraction of sp³-hybridized carbons (Fsp3) is 0.292. The maximum absolute atomic E-state index is 13.3. The summed E-state index contributed by atoms with van der Waals surface area (Å²) in [5, 5.41) is 6.13. The molecule has 1 fully saturated rings. The van der Waals surface area contributed by atoms with Gasteiger partial charge in [-0.2, -0.15) is 5.10 Å². The van der Waals surface area contributed by atoms with Gasteiger partial charge in [-0.15, -0.1) is 11.3 Å². The number of benzene rings is 2. The largest absolute Gasteiger partial charge is 0.368 e. The van der Waals surface area contributed by atoms with Crippen molar-refractivity contribution in [3.8, 4) is 0 Å². The van der Waals surface area contributed by atoms with Gasteiger partial charge in [0.25, 0.3) is 5.56 Å². The van der Waals surface area contributed by atoms with E-state index in [0.717, 1.165) is 33.6 Å². The molecular formula is C24H24N4O2S. The van der Waals surface area contributed by atoms with Crippen LogP contribution in [-0.4, -0.2) is 46.8 Å². The van der Waals surface area contributed by atoms with Crippen LogP contribution in [0.2, 0.25) is 0 Å². The fourth-order valence-electron chi connectivity index (χ4n) is 4.33. The van der Waals surface area contributed by atoms with Gasteiger partial charge in [-0.05, 0) is 32.0 Å². The monoisotopic (exact) mass is 432 g/mol. The van der Waals surface area contributed by atoms with Gasteiger partial charge in [0, 0.05) is 42.0 Å². The molecule has 31 heavy (non-hydrogen) atoms. The number of amides is 1. The van der Waals surface area contributed by atoms with E-state index in [2.05, 4.69) is 22.1 Å². The van der Waals surface area contributed by atoms with E-state index in [1.165, 1.54) is 10.4 Å². The van der Waals surface area contributed by atoms with Gasteiger partial charge >= 0.3 is 0 Å². The normalized spacial score (nSPS) is 15.5. The Bertz CT molecular complexity index is 1320. The summed E-state index contributed by atoms with van der Waals surface area (Å²) < 4.78 is 3.34. The van der Waals surface area contributed by atoms with Crippen molar-refractivity contribution in [2.75, 3.05) is 31.1 Å². The number of thiophene rings is 1. The molecule has 4 aromatic rings. The molecule has 1 saturated heterocycles. The van der Waals surface area contributed by atoms with Crippen LogP contribution in [0.5, 0.6) is 0 Å². The molecule has 1 unspecified atom stereocenters. The molecule has 6 nitrogen and oxygen atoms in total. The second kappa shape index (κ2) is 7.81. The molecule has 158 valence electrons. The van der Waals surface area contributed by atoms with Crippen molar-refractivity contribution >= 4 is 43.1 Å². The van der Waals surface area contributed by atoms with Crippen LogP contribution in [0.1, 0.15) is 18.7 Å². The molecule has 0 saturated carbocycles. The van der Waals surface area contributed by atoms with Gasteiger partial charge in [-0.1, -0.05) is 36.4 Å². The second-order valence-corrected chi connectivity index (χ2v) is 9.01. The van der Waals surface area contributed by atoms with E-state index in [9.17, 15) is 9.59 Å². The molecule has 1 aliphatic heterocycles. The van der Waals surface area contributed by atoms with Crippen LogP contribution in [0.4, 0.5) is 5.69 Å². The van der Waals surface area contributed by atoms with Gasteiger partial charge in [-0.25, -0.2) is 4.68 Å². The molecule has 1 amide bonds. The molecule has 5 rings (SSSR count). The first-order valence-electron chi connectivity index (χ1n) is 10.5. The second-order valence-electron chi connectivity index (χ2n) is 7.96. The van der Waals surface area contributed by atoms with Crippen LogP contribution in [0, 0.1) is 6.92 Å². The molecule has 2 aromatic carbocycles. The smallest absolute Gasteiger partial charge is 0.276 e. The molecule has 1 aliphatic rings. The molecule has 0 aliphatic carbocycles. The molecule has 0 spiro atoms. The predicted molar refractivity (Wildman–Crippen MR) is 126 cm³/mol. The highest BCUT2D eigenvalue weighted by Crippen LogP contribution is 2.33. The van der Waals surface area contributed by atoms with Crippen molar-refractivity contribution in [3.05, 3.63) is 70.6 Å². The summed E-state index contributed by atoms with van der Waals surface area (Å²) in [6.45, 7) is 6.50. The number of nitrogens with zero attached hydrogens (tertiary/aromatic N) is 4. The minimum Gasteiger partial charge on any atom is -0.368 e. The topological polar surface area (TPSA) is 58.4 Å². The molecule has 1 atom stereocenters. The molecule has 0 N–H and O–H groups in total. The summed E-state index contributed by atoms with van der Waals surface area (Å²) in [4.78, 5) is 30.7. The number of fused-ring (bicyclic) bond motifs is 3. The minimum atomic E-state index is -0.641. The van der Waals surface area contributed by atoms with Crippen molar-refractivity contribution in [1.29, 1.82) is 0 Å². The van der Waals surface area contributed by atoms with Crippen molar-refractivity contribution in [1.82, 2.24) is 14.7 Å². The highest BCUT2D eigenvalue weighted by Gasteiger charge is 2.28. The summed E-state index contributed by atoms with van der Waals surface area (Å²) in [5.41, 5.74) is 1.76. The predicted octanol–water partition coefficient (Wildman–Crippen LogP) is 3.83. The first kappa shape index (κ1) is 19.8. The lowest BCUT2D eigenvalue weighted by atomic mass is 10.1. The highest BCUT2D eigenvalue weighted by atomic mass is 32.1. The maximum atomic E-state index is 13.3. The molecule has 3 heterocycles. The Morgan fingerprint density at radius 2 is 1.68 bits per heavy atom. The third kappa shape index (κ3) is 3.39. The first-order valence-corrected chi connectivity index (χ1v) is 11.4. The van der Waals surface area contributed by atoms with E-state index in [1.54, 1.807) is 18.3 Å². The van der Waals surface area contributed by atoms with E-state index in [0.29, 0.717) is 18.5 Å². The van der Waals surface area contributed by atoms with Gasteiger partial charge in [0.2, 0.25) is 5.91 Å². The highest BCUT2D eigenvalue weighted by molar-refractivity contribution is 7.26. The standard InChI is InChI=1S/C24H24N4O2S/c1-16-22-21(19-10-6-7-11-20(19)31-22)24(30)28(25-16)17(2)23(29)27-14-12-26(13-15-27)18-8-4-3-5-9-18/h3-11,17H,12-15H2,1-2H3. The third-order valence-electron chi connectivity index (χ3n) is 6.04. The van der Waals surface area contributed by atoms with Gasteiger partial charge in [0.1, 0.15) is 6.04 Å². The van der Waals surface area contributed by atoms with Gasteiger partial charge in [0.15, 0.2) is 0 Å². The average molecular weight is 433 g/mol. The lowest BCUT2D eigenvalue weighted by molar-refractivity contribution is -0.135. The molecule has 0 bridgehead atoms. The summed E-state index contributed by atoms with van der Waals surface area (Å²) >= 11 is 1.58. The van der Waals surface area contributed by atoms with E-state index in [1.807, 2.05) is 54.3 Å². The Hall–Kier alpha value is -3.19. The van der Waals surface area contributed by atoms with E-state index in [-0.39, 0.29) is 11.5 Å². The van der Waals surface area contributed by atoms with Crippen LogP contribution in [0.25, 0.3) is 20.2 Å². The van der Waals surface area contributed by atoms with Crippen LogP contribution in [-0.2, 0) is 4.79 Å². The number of anilines is 1.